The summed E-state index contributed by atoms with van der Waals surface area (Å²) >= 11 is 24.5. The van der Waals surface area contributed by atoms with E-state index >= 15 is 0 Å². The van der Waals surface area contributed by atoms with Crippen LogP contribution in [0, 0.1) is 10.1 Å². The number of amides is 2. The van der Waals surface area contributed by atoms with Gasteiger partial charge in [-0.15, -0.1) is 22.7 Å². The molecule has 0 saturated heterocycles. The molecule has 6 rings (SSSR count). The molecule has 0 aliphatic carbocycles. The van der Waals surface area contributed by atoms with Gasteiger partial charge in [-0.3, -0.25) is 19.7 Å². The number of nitrogens with zero attached hydrogens (tertiary/aromatic N) is 2. The minimum Gasteiger partial charge on any atom is -0.422 e. The van der Waals surface area contributed by atoms with Crippen LogP contribution in [0.3, 0.4) is 0 Å². The predicted octanol–water partition coefficient (Wildman–Crippen LogP) is 9.98. The summed E-state index contributed by atoms with van der Waals surface area (Å²) in [7, 11) is 0. The number of nitro benzene ring substituents is 1. The minimum atomic E-state index is -0.663. The number of nitrogens with one attached hydrogen (secondary N) is 2. The van der Waals surface area contributed by atoms with Crippen LogP contribution in [0.1, 0.15) is 35.3 Å². The average Bonchev–Trinajstić information content (AvgIpc) is 3.57. The normalized spacial score (nSPS) is 11.2. The molecule has 2 aromatic heterocycles. The maximum absolute atomic E-state index is 13.1. The van der Waals surface area contributed by atoms with Gasteiger partial charge in [0.25, 0.3) is 17.5 Å². The molecule has 48 heavy (non-hydrogen) atoms. The van der Waals surface area contributed by atoms with Crippen molar-refractivity contribution < 1.29 is 24.0 Å². The van der Waals surface area contributed by atoms with Crippen molar-refractivity contribution in [1.29, 1.82) is 0 Å². The number of benzene rings is 4. The summed E-state index contributed by atoms with van der Waals surface area (Å²) in [6.45, 7) is 0. The van der Waals surface area contributed by atoms with E-state index in [9.17, 15) is 24.5 Å². The second-order valence-corrected chi connectivity index (χ2v) is 14.1. The number of anilines is 1. The summed E-state index contributed by atoms with van der Waals surface area (Å²) in [5, 5.41) is 20.0. The number of hydrogen-bond donors (Lipinski definition) is 2. The molecule has 16 heteroatoms. The summed E-state index contributed by atoms with van der Waals surface area (Å²) in [6.07, 6.45) is 1.33. The first-order valence-corrected chi connectivity index (χ1v) is 17.0. The first-order valence-electron chi connectivity index (χ1n) is 13.5. The smallest absolute Gasteiger partial charge is 0.355 e. The van der Waals surface area contributed by atoms with Crippen molar-refractivity contribution in [3.63, 3.8) is 0 Å². The second kappa shape index (κ2) is 14.0. The van der Waals surface area contributed by atoms with Gasteiger partial charge in [0.05, 0.1) is 21.2 Å². The van der Waals surface area contributed by atoms with Crippen LogP contribution in [0.4, 0.5) is 11.4 Å². The first kappa shape index (κ1) is 33.5. The number of fused-ring (bicyclic) bond motifs is 2. The Kier molecular flexibility index (Phi) is 9.78. The molecule has 6 aromatic rings. The van der Waals surface area contributed by atoms with Crippen molar-refractivity contribution in [2.45, 2.75) is 0 Å². The largest absolute Gasteiger partial charge is 0.422 e. The van der Waals surface area contributed by atoms with Crippen LogP contribution in [0.15, 0.2) is 88.4 Å². The molecule has 0 unspecified atom stereocenters. The van der Waals surface area contributed by atoms with Crippen LogP contribution in [0.5, 0.6) is 5.75 Å². The lowest BCUT2D eigenvalue weighted by Gasteiger charge is -2.08. The molecule has 2 amide bonds. The number of esters is 1. The third-order valence-corrected chi connectivity index (χ3v) is 10.8. The van der Waals surface area contributed by atoms with Gasteiger partial charge in [0, 0.05) is 58.6 Å². The number of hydrogen-bond acceptors (Lipinski definition) is 9. The Hall–Kier alpha value is -4.37. The van der Waals surface area contributed by atoms with Gasteiger partial charge in [-0.2, -0.15) is 5.10 Å². The summed E-state index contributed by atoms with van der Waals surface area (Å²) in [5.41, 5.74) is 3.35. The molecule has 0 spiro atoms. The van der Waals surface area contributed by atoms with Gasteiger partial charge in [-0.25, -0.2) is 10.2 Å². The molecular weight excluding hydrogens is 787 g/mol. The predicted molar refractivity (Wildman–Crippen MR) is 194 cm³/mol. The van der Waals surface area contributed by atoms with E-state index in [0.717, 1.165) is 27.4 Å². The van der Waals surface area contributed by atoms with E-state index in [1.807, 2.05) is 0 Å². The van der Waals surface area contributed by atoms with Crippen LogP contribution in [-0.4, -0.2) is 28.9 Å². The Bertz CT molecular complexity index is 2330. The fourth-order valence-corrected chi connectivity index (χ4v) is 7.95. The fourth-order valence-electron chi connectivity index (χ4n) is 4.46. The summed E-state index contributed by atoms with van der Waals surface area (Å²) in [6, 6.07) is 20.3. The van der Waals surface area contributed by atoms with Crippen molar-refractivity contribution >= 4 is 129 Å². The Balaban J connectivity index is 1.11. The number of halogens is 4. The second-order valence-electron chi connectivity index (χ2n) is 9.87. The maximum Gasteiger partial charge on any atom is 0.355 e. The lowest BCUT2D eigenvalue weighted by Crippen LogP contribution is -2.18. The van der Waals surface area contributed by atoms with E-state index < -0.39 is 22.7 Å². The van der Waals surface area contributed by atoms with Crippen LogP contribution in [0.2, 0.25) is 15.1 Å². The molecule has 2 N–H and O–H groups in total. The maximum atomic E-state index is 13.1. The minimum absolute atomic E-state index is 0.106. The molecule has 0 aliphatic heterocycles. The van der Waals surface area contributed by atoms with Gasteiger partial charge < -0.3 is 10.1 Å². The summed E-state index contributed by atoms with van der Waals surface area (Å²) in [4.78, 5) is 49.7. The van der Waals surface area contributed by atoms with E-state index in [1.165, 1.54) is 48.7 Å². The molecular formula is C32H16BrCl3N4O6S2. The highest BCUT2D eigenvalue weighted by molar-refractivity contribution is 9.10. The van der Waals surface area contributed by atoms with Gasteiger partial charge in [0.15, 0.2) is 0 Å². The van der Waals surface area contributed by atoms with Gasteiger partial charge in [0.2, 0.25) is 0 Å². The quantitative estimate of drug-likeness (QED) is 0.0516. The third-order valence-electron chi connectivity index (χ3n) is 6.76. The standard InChI is InChI=1S/C32H16BrCl3N4O6S2/c33-17-3-10-23(46-32(43)29-27(36)21-8-4-18(34)12-24(21)48-29)16(11-17)14-37-39-30(41)15-1-5-19(6-2-15)38-31(42)28-26(35)22-9-7-20(40(44)45)13-25(22)47-28/h1-14H,(H,38,42)(H,39,41)/b37-14-. The van der Waals surface area contributed by atoms with E-state index in [2.05, 4.69) is 31.8 Å². The molecule has 2 heterocycles. The monoisotopic (exact) mass is 800 g/mol. The third kappa shape index (κ3) is 7.06. The van der Waals surface area contributed by atoms with Gasteiger partial charge in [-0.1, -0.05) is 56.8 Å². The highest BCUT2D eigenvalue weighted by atomic mass is 79.9. The topological polar surface area (TPSA) is 140 Å². The van der Waals surface area contributed by atoms with Crippen molar-refractivity contribution in [3.05, 3.63) is 129 Å². The number of non-ortho nitro benzene ring substituents is 1. The average molecular weight is 803 g/mol. The van der Waals surface area contributed by atoms with Crippen molar-refractivity contribution in [2.24, 2.45) is 5.10 Å². The molecule has 240 valence electrons. The molecule has 0 radical (unpaired) electrons. The number of rotatable bonds is 8. The number of carbonyl (C=O) groups excluding carboxylic acids is 3. The molecule has 0 fully saturated rings. The highest BCUT2D eigenvalue weighted by Crippen LogP contribution is 2.39. The van der Waals surface area contributed by atoms with Crippen LogP contribution in [-0.2, 0) is 0 Å². The van der Waals surface area contributed by atoms with Crippen molar-refractivity contribution in [3.8, 4) is 5.75 Å². The molecule has 0 bridgehead atoms. The molecule has 0 aliphatic rings. The Morgan fingerprint density at radius 3 is 2.23 bits per heavy atom. The molecule has 4 aromatic carbocycles. The Morgan fingerprint density at radius 2 is 1.50 bits per heavy atom. The lowest BCUT2D eigenvalue weighted by atomic mass is 10.2. The Morgan fingerprint density at radius 1 is 0.833 bits per heavy atom. The number of hydrazone groups is 1. The first-order chi connectivity index (χ1) is 23.0. The van der Waals surface area contributed by atoms with E-state index in [4.69, 9.17) is 39.5 Å². The Labute approximate surface area is 302 Å². The van der Waals surface area contributed by atoms with Crippen LogP contribution < -0.4 is 15.5 Å². The van der Waals surface area contributed by atoms with Crippen LogP contribution in [0.25, 0.3) is 20.2 Å². The number of ether oxygens (including phenoxy) is 1. The number of nitro groups is 1. The van der Waals surface area contributed by atoms with Gasteiger partial charge >= 0.3 is 5.97 Å². The van der Waals surface area contributed by atoms with Crippen molar-refractivity contribution in [1.82, 2.24) is 5.43 Å². The zero-order valence-corrected chi connectivity index (χ0v) is 29.2. The molecule has 0 atom stereocenters. The summed E-state index contributed by atoms with van der Waals surface area (Å²) < 4.78 is 7.57. The molecule has 0 saturated carbocycles. The van der Waals surface area contributed by atoms with E-state index in [-0.39, 0.29) is 36.8 Å². The van der Waals surface area contributed by atoms with E-state index in [0.29, 0.717) is 36.2 Å². The van der Waals surface area contributed by atoms with E-state index in [1.54, 1.807) is 36.4 Å². The SMILES string of the molecule is O=C(N/N=C\c1cc(Br)ccc1OC(=O)c1sc2cc(Cl)ccc2c1Cl)c1ccc(NC(=O)c2sc3cc([N+](=O)[O-])ccc3c2Cl)cc1. The van der Waals surface area contributed by atoms with Gasteiger partial charge in [-0.05, 0) is 60.7 Å². The zero-order chi connectivity index (χ0) is 34.1. The lowest BCUT2D eigenvalue weighted by molar-refractivity contribution is -0.384. The number of thiophene rings is 2. The summed E-state index contributed by atoms with van der Waals surface area (Å²) in [5.74, 6) is -1.52. The van der Waals surface area contributed by atoms with Crippen LogP contribution >= 0.6 is 73.4 Å². The zero-order valence-electron chi connectivity index (χ0n) is 23.8. The number of carbonyl (C=O) groups is 3. The molecule has 10 nitrogen and oxygen atoms in total. The van der Waals surface area contributed by atoms with Crippen molar-refractivity contribution in [2.75, 3.05) is 5.32 Å². The highest BCUT2D eigenvalue weighted by Gasteiger charge is 2.21. The fraction of sp³-hybridized carbons (Fsp3) is 0. The van der Waals surface area contributed by atoms with Gasteiger partial charge in [0.1, 0.15) is 15.5 Å².